The van der Waals surface area contributed by atoms with Crippen molar-refractivity contribution in [3.63, 3.8) is 0 Å². The first kappa shape index (κ1) is 23.6. The van der Waals surface area contributed by atoms with Crippen molar-refractivity contribution in [1.82, 2.24) is 4.90 Å². The van der Waals surface area contributed by atoms with Gasteiger partial charge in [-0.3, -0.25) is 4.79 Å². The van der Waals surface area contributed by atoms with Crippen LogP contribution in [-0.2, 0) is 25.3 Å². The highest BCUT2D eigenvalue weighted by molar-refractivity contribution is 9.09. The molecule has 29 heavy (non-hydrogen) atoms. The smallest absolute Gasteiger partial charge is 0.335 e. The molecule has 0 bridgehead atoms. The number of likely N-dealkylation sites (tertiary alicyclic amines) is 1. The Morgan fingerprint density at radius 2 is 1.83 bits per heavy atom. The summed E-state index contributed by atoms with van der Waals surface area (Å²) in [7, 11) is 0.704. The summed E-state index contributed by atoms with van der Waals surface area (Å²) >= 11 is 3.51. The van der Waals surface area contributed by atoms with Gasteiger partial charge in [0.15, 0.2) is 13.9 Å². The number of benzene rings is 1. The molecule has 2 atom stereocenters. The predicted molar refractivity (Wildman–Crippen MR) is 118 cm³/mol. The van der Waals surface area contributed by atoms with Gasteiger partial charge >= 0.3 is 5.97 Å². The molecule has 6 nitrogen and oxygen atoms in total. The lowest BCUT2D eigenvalue weighted by molar-refractivity contribution is -0.167. The van der Waals surface area contributed by atoms with E-state index in [1.54, 1.807) is 18.9 Å². The topological polar surface area (TPSA) is 65.1 Å². The van der Waals surface area contributed by atoms with Gasteiger partial charge in [0.1, 0.15) is 11.4 Å². The zero-order valence-corrected chi connectivity index (χ0v) is 20.6. The Morgan fingerprint density at radius 3 is 2.28 bits per heavy atom. The molecule has 0 spiro atoms. The molecule has 1 saturated heterocycles. The molecule has 1 unspecified atom stereocenters. The summed E-state index contributed by atoms with van der Waals surface area (Å²) in [5.74, 6) is -0.0730. The van der Waals surface area contributed by atoms with Gasteiger partial charge in [-0.2, -0.15) is 0 Å². The Kier molecular flexibility index (Phi) is 7.02. The molecule has 160 valence electrons. The van der Waals surface area contributed by atoms with E-state index in [4.69, 9.17) is 13.9 Å². The first-order valence-corrected chi connectivity index (χ1v) is 13.8. The highest BCUT2D eigenvalue weighted by Gasteiger charge is 2.68. The van der Waals surface area contributed by atoms with Gasteiger partial charge in [0.05, 0.1) is 14.2 Å². The van der Waals surface area contributed by atoms with E-state index in [9.17, 15) is 9.59 Å². The van der Waals surface area contributed by atoms with Crippen molar-refractivity contribution in [3.8, 4) is 5.75 Å². The summed E-state index contributed by atoms with van der Waals surface area (Å²) in [6.45, 7) is 12.0. The summed E-state index contributed by atoms with van der Waals surface area (Å²) in [5.41, 5.74) is -1.35. The summed E-state index contributed by atoms with van der Waals surface area (Å²) in [4.78, 5) is 28.8. The quantitative estimate of drug-likeness (QED) is 0.243. The van der Waals surface area contributed by atoms with Gasteiger partial charge in [-0.25, -0.2) is 4.79 Å². The molecular weight excluding hydrogens is 454 g/mol. The fraction of sp³-hybridized carbons (Fsp3) is 0.524. The average molecular weight is 484 g/mol. The maximum atomic E-state index is 13.3. The molecule has 1 heterocycles. The van der Waals surface area contributed by atoms with E-state index in [0.29, 0.717) is 11.4 Å². The number of halogens is 1. The van der Waals surface area contributed by atoms with Crippen LogP contribution in [0.4, 0.5) is 0 Å². The highest BCUT2D eigenvalue weighted by Crippen LogP contribution is 2.49. The maximum absolute atomic E-state index is 13.3. The molecular formula is C21H30BrNO5Si. The minimum absolute atomic E-state index is 0.236. The van der Waals surface area contributed by atoms with Crippen LogP contribution in [0.1, 0.15) is 25.8 Å². The zero-order valence-electron chi connectivity index (χ0n) is 18.0. The lowest BCUT2D eigenvalue weighted by atomic mass is 9.77. The molecule has 1 fully saturated rings. The standard InChI is InChI=1S/C21H30BrNO5Si/c1-8-21(19(25)27-5)20(3,28-29(6,7)14-22)15(2)18(24)23(21)13-16-9-11-17(26-4)12-10-16/h9-12H,2,8,13-14H2,1,3-7H3/t20-,21?/m0/s1. The van der Waals surface area contributed by atoms with E-state index in [-0.39, 0.29) is 18.0 Å². The van der Waals surface area contributed by atoms with Crippen molar-refractivity contribution < 1.29 is 23.5 Å². The van der Waals surface area contributed by atoms with E-state index >= 15 is 0 Å². The fourth-order valence-electron chi connectivity index (χ4n) is 4.04. The molecule has 0 aliphatic carbocycles. The van der Waals surface area contributed by atoms with Gasteiger partial charge in [0.2, 0.25) is 0 Å². The lowest BCUT2D eigenvalue weighted by Gasteiger charge is -2.47. The predicted octanol–water partition coefficient (Wildman–Crippen LogP) is 3.83. The van der Waals surface area contributed by atoms with E-state index in [1.165, 1.54) is 7.11 Å². The third-order valence-electron chi connectivity index (χ3n) is 5.67. The largest absolute Gasteiger partial charge is 0.497 e. The monoisotopic (exact) mass is 483 g/mol. The number of hydrogen-bond donors (Lipinski definition) is 0. The minimum atomic E-state index is -2.23. The van der Waals surface area contributed by atoms with E-state index in [0.717, 1.165) is 11.3 Å². The van der Waals surface area contributed by atoms with Crippen molar-refractivity contribution in [1.29, 1.82) is 0 Å². The molecule has 0 saturated carbocycles. The van der Waals surface area contributed by atoms with E-state index in [2.05, 4.69) is 22.5 Å². The average Bonchev–Trinajstić information content (AvgIpc) is 2.86. The number of nitrogens with zero attached hydrogens (tertiary/aromatic N) is 1. The molecule has 0 aromatic heterocycles. The van der Waals surface area contributed by atoms with Crippen LogP contribution < -0.4 is 4.74 Å². The van der Waals surface area contributed by atoms with Crippen molar-refractivity contribution in [2.45, 2.75) is 51.0 Å². The number of methoxy groups -OCH3 is 2. The third-order valence-corrected chi connectivity index (χ3v) is 11.3. The Bertz CT molecular complexity index is 797. The molecule has 1 aromatic rings. The SMILES string of the molecule is C=C1C(=O)N(Cc2ccc(OC)cc2)C(CC)(C(=O)OC)[C@@]1(C)O[Si](C)(C)CBr. The summed E-state index contributed by atoms with van der Waals surface area (Å²) in [6.07, 6.45) is 0.337. The molecule has 2 rings (SSSR count). The van der Waals surface area contributed by atoms with Crippen LogP contribution in [0.2, 0.25) is 13.1 Å². The fourth-order valence-corrected chi connectivity index (χ4v) is 5.84. The molecule has 1 aliphatic rings. The second kappa shape index (κ2) is 8.61. The third kappa shape index (κ3) is 3.90. The van der Waals surface area contributed by atoms with Crippen LogP contribution in [-0.4, -0.2) is 55.4 Å². The van der Waals surface area contributed by atoms with Gasteiger partial charge in [-0.15, -0.1) is 0 Å². The van der Waals surface area contributed by atoms with Gasteiger partial charge < -0.3 is 18.8 Å². The van der Waals surface area contributed by atoms with Crippen LogP contribution in [0.5, 0.6) is 5.75 Å². The number of esters is 1. The first-order chi connectivity index (χ1) is 13.5. The van der Waals surface area contributed by atoms with Crippen molar-refractivity contribution in [2.75, 3.05) is 19.2 Å². The zero-order chi connectivity index (χ0) is 22.0. The number of rotatable bonds is 8. The van der Waals surface area contributed by atoms with Crippen LogP contribution in [0.15, 0.2) is 36.4 Å². The highest BCUT2D eigenvalue weighted by atomic mass is 79.9. The number of ether oxygens (including phenoxy) is 2. The summed E-state index contributed by atoms with van der Waals surface area (Å²) in [5, 5.41) is 0. The molecule has 0 N–H and O–H groups in total. The number of alkyl halides is 1. The Balaban J connectivity index is 2.60. The molecule has 1 aromatic carbocycles. The van der Waals surface area contributed by atoms with E-state index in [1.807, 2.05) is 44.3 Å². The maximum Gasteiger partial charge on any atom is 0.335 e. The van der Waals surface area contributed by atoms with Crippen molar-refractivity contribution >= 4 is 36.1 Å². The number of carbonyl (C=O) groups is 2. The number of hydrogen-bond acceptors (Lipinski definition) is 5. The number of amides is 1. The summed E-state index contributed by atoms with van der Waals surface area (Å²) < 4.78 is 17.0. The van der Waals surface area contributed by atoms with Gasteiger partial charge in [-0.1, -0.05) is 41.6 Å². The first-order valence-electron chi connectivity index (χ1n) is 9.51. The van der Waals surface area contributed by atoms with Crippen LogP contribution in [0.3, 0.4) is 0 Å². The van der Waals surface area contributed by atoms with Gasteiger partial charge in [0, 0.05) is 17.1 Å². The molecule has 1 amide bonds. The minimum Gasteiger partial charge on any atom is -0.497 e. The van der Waals surface area contributed by atoms with Crippen LogP contribution >= 0.6 is 15.9 Å². The second-order valence-electron chi connectivity index (χ2n) is 7.95. The Labute approximate surface area is 182 Å². The summed E-state index contributed by atoms with van der Waals surface area (Å²) in [6, 6.07) is 7.40. The normalized spacial score (nSPS) is 24.7. The Hall–Kier alpha value is -1.64. The second-order valence-corrected chi connectivity index (χ2v) is 13.6. The molecule has 1 aliphatic heterocycles. The Morgan fingerprint density at radius 1 is 1.24 bits per heavy atom. The molecule has 0 radical (unpaired) electrons. The van der Waals surface area contributed by atoms with Crippen molar-refractivity contribution in [3.05, 3.63) is 42.0 Å². The van der Waals surface area contributed by atoms with E-state index < -0.39 is 25.4 Å². The van der Waals surface area contributed by atoms with Gasteiger partial charge in [-0.05, 0) is 44.1 Å². The number of carbonyl (C=O) groups excluding carboxylic acids is 2. The van der Waals surface area contributed by atoms with Crippen LogP contribution in [0.25, 0.3) is 0 Å². The van der Waals surface area contributed by atoms with Crippen molar-refractivity contribution in [2.24, 2.45) is 0 Å². The van der Waals surface area contributed by atoms with Crippen LogP contribution in [0, 0.1) is 0 Å². The molecule has 8 heteroatoms. The van der Waals surface area contributed by atoms with Gasteiger partial charge in [0.25, 0.3) is 5.91 Å². The lowest BCUT2D eigenvalue weighted by Crippen LogP contribution is -2.65.